The zero-order valence-corrected chi connectivity index (χ0v) is 14.4. The Hall–Kier alpha value is -0.580. The van der Waals surface area contributed by atoms with Crippen LogP contribution in [0.25, 0.3) is 0 Å². The van der Waals surface area contributed by atoms with Crippen molar-refractivity contribution >= 4 is 11.6 Å². The Kier molecular flexibility index (Phi) is 6.08. The van der Waals surface area contributed by atoms with Gasteiger partial charge in [0.1, 0.15) is 0 Å². The number of rotatable bonds is 7. The Morgan fingerprint density at radius 1 is 1.43 bits per heavy atom. The quantitative estimate of drug-likeness (QED) is 0.841. The number of hydrogen-bond donors (Lipinski definition) is 1. The molecule has 0 aromatic carbocycles. The molecule has 0 amide bonds. The summed E-state index contributed by atoms with van der Waals surface area (Å²) in [6.45, 7) is 11.3. The number of ether oxygens (including phenoxy) is 1. The summed E-state index contributed by atoms with van der Waals surface area (Å²) in [4.78, 5) is 0. The molecule has 1 aliphatic rings. The van der Waals surface area contributed by atoms with Gasteiger partial charge in [-0.2, -0.15) is 5.10 Å². The molecule has 3 unspecified atom stereocenters. The van der Waals surface area contributed by atoms with Crippen LogP contribution in [0.15, 0.2) is 0 Å². The first-order valence-corrected chi connectivity index (χ1v) is 8.59. The molecule has 120 valence electrons. The molecule has 1 fully saturated rings. The molecule has 21 heavy (non-hydrogen) atoms. The highest BCUT2D eigenvalue weighted by Crippen LogP contribution is 2.29. The number of aryl methyl sites for hydroxylation is 2. The number of hydrogen-bond acceptors (Lipinski definition) is 3. The molecule has 0 saturated carbocycles. The molecule has 1 N–H and O–H groups in total. The normalized spacial score (nSPS) is 23.7. The van der Waals surface area contributed by atoms with E-state index in [4.69, 9.17) is 16.3 Å². The topological polar surface area (TPSA) is 39.1 Å². The minimum Gasteiger partial charge on any atom is -0.378 e. The minimum absolute atomic E-state index is 0.316. The van der Waals surface area contributed by atoms with Gasteiger partial charge in [0.2, 0.25) is 0 Å². The number of aromatic nitrogens is 2. The van der Waals surface area contributed by atoms with E-state index in [0.717, 1.165) is 49.7 Å². The molecule has 1 saturated heterocycles. The van der Waals surface area contributed by atoms with Gasteiger partial charge in [-0.3, -0.25) is 4.68 Å². The number of nitrogens with zero attached hydrogens (tertiary/aromatic N) is 2. The Morgan fingerprint density at radius 2 is 2.19 bits per heavy atom. The van der Waals surface area contributed by atoms with E-state index in [-0.39, 0.29) is 0 Å². The first-order valence-electron chi connectivity index (χ1n) is 8.21. The van der Waals surface area contributed by atoms with Gasteiger partial charge in [0, 0.05) is 31.5 Å². The first-order chi connectivity index (χ1) is 10.1. The summed E-state index contributed by atoms with van der Waals surface area (Å²) >= 11 is 6.55. The van der Waals surface area contributed by atoms with Crippen molar-refractivity contribution < 1.29 is 4.74 Å². The van der Waals surface area contributed by atoms with E-state index < -0.39 is 0 Å². The SMILES string of the molecule is CCNC(Cc1c(Cl)c(CC)nn1CC)C1CCOC1C. The van der Waals surface area contributed by atoms with Crippen LogP contribution in [0.3, 0.4) is 0 Å². The van der Waals surface area contributed by atoms with Gasteiger partial charge in [0.05, 0.1) is 22.5 Å². The van der Waals surface area contributed by atoms with Crippen LogP contribution in [0.1, 0.15) is 45.5 Å². The lowest BCUT2D eigenvalue weighted by molar-refractivity contribution is 0.0953. The zero-order valence-electron chi connectivity index (χ0n) is 13.7. The van der Waals surface area contributed by atoms with Crippen LogP contribution >= 0.6 is 11.6 Å². The molecular formula is C16H28ClN3O. The number of likely N-dealkylation sites (N-methyl/N-ethyl adjacent to an activating group) is 1. The minimum atomic E-state index is 0.316. The highest BCUT2D eigenvalue weighted by Gasteiger charge is 2.32. The molecule has 1 aromatic rings. The predicted molar refractivity (Wildman–Crippen MR) is 87.0 cm³/mol. The molecule has 2 rings (SSSR count). The van der Waals surface area contributed by atoms with Crippen LogP contribution < -0.4 is 5.32 Å². The Morgan fingerprint density at radius 3 is 2.71 bits per heavy atom. The summed E-state index contributed by atoms with van der Waals surface area (Å²) in [6, 6.07) is 0.400. The molecule has 0 bridgehead atoms. The molecular weight excluding hydrogens is 286 g/mol. The summed E-state index contributed by atoms with van der Waals surface area (Å²) < 4.78 is 7.81. The van der Waals surface area contributed by atoms with E-state index in [1.54, 1.807) is 0 Å². The van der Waals surface area contributed by atoms with Crippen molar-refractivity contribution in [3.63, 3.8) is 0 Å². The molecule has 2 heterocycles. The van der Waals surface area contributed by atoms with Crippen molar-refractivity contribution in [1.29, 1.82) is 0 Å². The zero-order chi connectivity index (χ0) is 15.4. The van der Waals surface area contributed by atoms with E-state index in [1.807, 2.05) is 0 Å². The van der Waals surface area contributed by atoms with Crippen molar-refractivity contribution in [2.75, 3.05) is 13.2 Å². The fourth-order valence-electron chi connectivity index (χ4n) is 3.33. The van der Waals surface area contributed by atoms with E-state index in [0.29, 0.717) is 18.1 Å². The van der Waals surface area contributed by atoms with E-state index in [1.165, 1.54) is 5.69 Å². The fraction of sp³-hybridized carbons (Fsp3) is 0.812. The van der Waals surface area contributed by atoms with Crippen molar-refractivity contribution in [2.24, 2.45) is 5.92 Å². The third-order valence-corrected chi connectivity index (χ3v) is 4.96. The van der Waals surface area contributed by atoms with Crippen LogP contribution in [-0.4, -0.2) is 35.1 Å². The second kappa shape index (κ2) is 7.61. The lowest BCUT2D eigenvalue weighted by atomic mass is 9.90. The molecule has 4 nitrogen and oxygen atoms in total. The maximum atomic E-state index is 6.55. The van der Waals surface area contributed by atoms with Gasteiger partial charge < -0.3 is 10.1 Å². The molecule has 0 spiro atoms. The van der Waals surface area contributed by atoms with Gasteiger partial charge in [-0.15, -0.1) is 0 Å². The van der Waals surface area contributed by atoms with E-state index >= 15 is 0 Å². The van der Waals surface area contributed by atoms with Crippen LogP contribution in [0.4, 0.5) is 0 Å². The summed E-state index contributed by atoms with van der Waals surface area (Å²) in [5.74, 6) is 0.547. The third kappa shape index (κ3) is 3.61. The van der Waals surface area contributed by atoms with Crippen molar-refractivity contribution in [2.45, 2.75) is 65.6 Å². The Labute approximate surface area is 133 Å². The number of nitrogens with one attached hydrogen (secondary N) is 1. The van der Waals surface area contributed by atoms with Crippen molar-refractivity contribution in [3.05, 3.63) is 16.4 Å². The summed E-state index contributed by atoms with van der Waals surface area (Å²) in [5.41, 5.74) is 2.18. The molecule has 5 heteroatoms. The fourth-order valence-corrected chi connectivity index (χ4v) is 3.68. The standard InChI is InChI=1S/C16H28ClN3O/c1-5-13-16(17)15(20(7-3)19-13)10-14(18-6-2)12-8-9-21-11(12)4/h11-12,14,18H,5-10H2,1-4H3. The van der Waals surface area contributed by atoms with Crippen LogP contribution in [-0.2, 0) is 24.1 Å². The van der Waals surface area contributed by atoms with Gasteiger partial charge >= 0.3 is 0 Å². The molecule has 1 aliphatic heterocycles. The Bertz CT molecular complexity index is 461. The highest BCUT2D eigenvalue weighted by atomic mass is 35.5. The summed E-state index contributed by atoms with van der Waals surface area (Å²) in [5, 5.41) is 9.12. The second-order valence-corrected chi connectivity index (χ2v) is 6.15. The highest BCUT2D eigenvalue weighted by molar-refractivity contribution is 6.31. The van der Waals surface area contributed by atoms with Gasteiger partial charge in [0.25, 0.3) is 0 Å². The number of halogens is 1. The maximum absolute atomic E-state index is 6.55. The third-order valence-electron chi connectivity index (χ3n) is 4.53. The van der Waals surface area contributed by atoms with Gasteiger partial charge in [-0.1, -0.05) is 25.4 Å². The van der Waals surface area contributed by atoms with Gasteiger partial charge in [0.15, 0.2) is 0 Å². The Balaban J connectivity index is 2.22. The van der Waals surface area contributed by atoms with E-state index in [9.17, 15) is 0 Å². The van der Waals surface area contributed by atoms with Crippen molar-refractivity contribution in [3.8, 4) is 0 Å². The molecule has 0 aliphatic carbocycles. The predicted octanol–water partition coefficient (Wildman–Crippen LogP) is 3.06. The van der Waals surface area contributed by atoms with Gasteiger partial charge in [-0.05, 0) is 33.2 Å². The summed E-state index contributed by atoms with van der Waals surface area (Å²) in [6.07, 6.45) is 3.24. The average Bonchev–Trinajstić information content (AvgIpc) is 3.03. The second-order valence-electron chi connectivity index (χ2n) is 5.77. The van der Waals surface area contributed by atoms with Crippen LogP contribution in [0.2, 0.25) is 5.02 Å². The molecule has 1 aromatic heterocycles. The lowest BCUT2D eigenvalue weighted by Gasteiger charge is -2.27. The maximum Gasteiger partial charge on any atom is 0.0850 e. The average molecular weight is 314 g/mol. The van der Waals surface area contributed by atoms with Crippen LogP contribution in [0, 0.1) is 5.92 Å². The first kappa shape index (κ1) is 16.8. The monoisotopic (exact) mass is 313 g/mol. The van der Waals surface area contributed by atoms with E-state index in [2.05, 4.69) is 42.8 Å². The molecule has 3 atom stereocenters. The van der Waals surface area contributed by atoms with Crippen molar-refractivity contribution in [1.82, 2.24) is 15.1 Å². The lowest BCUT2D eigenvalue weighted by Crippen LogP contribution is -2.41. The van der Waals surface area contributed by atoms with Gasteiger partial charge in [-0.25, -0.2) is 0 Å². The molecule has 0 radical (unpaired) electrons. The van der Waals surface area contributed by atoms with Crippen LogP contribution in [0.5, 0.6) is 0 Å². The summed E-state index contributed by atoms with van der Waals surface area (Å²) in [7, 11) is 0. The largest absolute Gasteiger partial charge is 0.378 e. The smallest absolute Gasteiger partial charge is 0.0850 e.